The summed E-state index contributed by atoms with van der Waals surface area (Å²) in [5.74, 6) is 1.91. The number of nitrogens with zero attached hydrogens (tertiary/aromatic N) is 1. The minimum absolute atomic E-state index is 0.747. The second-order valence-corrected chi connectivity index (χ2v) is 6.03. The van der Waals surface area contributed by atoms with Gasteiger partial charge in [0.1, 0.15) is 0 Å². The zero-order valence-corrected chi connectivity index (χ0v) is 11.4. The van der Waals surface area contributed by atoms with Crippen molar-refractivity contribution in [2.45, 2.75) is 32.6 Å². The molecule has 2 atom stereocenters. The Bertz CT molecular complexity index is 415. The van der Waals surface area contributed by atoms with Crippen molar-refractivity contribution in [2.24, 2.45) is 17.6 Å². The fourth-order valence-corrected chi connectivity index (χ4v) is 3.81. The first-order valence-electron chi connectivity index (χ1n) is 7.32. The molecule has 3 rings (SSSR count). The Kier molecular flexibility index (Phi) is 3.29. The van der Waals surface area contributed by atoms with Crippen LogP contribution in [0.1, 0.15) is 30.4 Å². The SMILES string of the molecule is Cc1ccc(N2CC3CCCC3C2)c(CCN)c1. The second-order valence-electron chi connectivity index (χ2n) is 6.03. The molecule has 2 nitrogen and oxygen atoms in total. The van der Waals surface area contributed by atoms with E-state index in [9.17, 15) is 0 Å². The van der Waals surface area contributed by atoms with E-state index in [2.05, 4.69) is 30.0 Å². The van der Waals surface area contributed by atoms with Crippen molar-refractivity contribution in [2.75, 3.05) is 24.5 Å². The van der Waals surface area contributed by atoms with Gasteiger partial charge in [0.2, 0.25) is 0 Å². The minimum Gasteiger partial charge on any atom is -0.371 e. The third-order valence-electron chi connectivity index (χ3n) is 4.72. The molecule has 1 heterocycles. The highest BCUT2D eigenvalue weighted by molar-refractivity contribution is 5.56. The summed E-state index contributed by atoms with van der Waals surface area (Å²) in [4.78, 5) is 2.61. The van der Waals surface area contributed by atoms with E-state index in [-0.39, 0.29) is 0 Å². The lowest BCUT2D eigenvalue weighted by atomic mass is 10.0. The molecule has 2 N–H and O–H groups in total. The zero-order valence-electron chi connectivity index (χ0n) is 11.4. The van der Waals surface area contributed by atoms with Crippen LogP contribution in [-0.4, -0.2) is 19.6 Å². The van der Waals surface area contributed by atoms with Gasteiger partial charge in [-0.25, -0.2) is 0 Å². The lowest BCUT2D eigenvalue weighted by molar-refractivity contribution is 0.494. The van der Waals surface area contributed by atoms with Gasteiger partial charge >= 0.3 is 0 Å². The van der Waals surface area contributed by atoms with Gasteiger partial charge in [-0.05, 0) is 56.2 Å². The lowest BCUT2D eigenvalue weighted by Crippen LogP contribution is -2.22. The molecule has 1 aromatic rings. The van der Waals surface area contributed by atoms with Gasteiger partial charge in [0, 0.05) is 18.8 Å². The molecule has 2 heteroatoms. The molecule has 1 aliphatic heterocycles. The van der Waals surface area contributed by atoms with Gasteiger partial charge in [-0.1, -0.05) is 24.1 Å². The molecule has 0 bridgehead atoms. The Morgan fingerprint density at radius 2 is 1.94 bits per heavy atom. The number of benzene rings is 1. The van der Waals surface area contributed by atoms with Crippen molar-refractivity contribution >= 4 is 5.69 Å². The molecule has 18 heavy (non-hydrogen) atoms. The van der Waals surface area contributed by atoms with E-state index >= 15 is 0 Å². The van der Waals surface area contributed by atoms with Crippen molar-refractivity contribution in [3.8, 4) is 0 Å². The van der Waals surface area contributed by atoms with Crippen LogP contribution < -0.4 is 10.6 Å². The Hall–Kier alpha value is -1.02. The third-order valence-corrected chi connectivity index (χ3v) is 4.72. The Morgan fingerprint density at radius 3 is 2.61 bits per heavy atom. The number of hydrogen-bond acceptors (Lipinski definition) is 2. The van der Waals surface area contributed by atoms with Crippen LogP contribution in [-0.2, 0) is 6.42 Å². The molecule has 0 amide bonds. The normalized spacial score (nSPS) is 26.7. The quantitative estimate of drug-likeness (QED) is 0.886. The van der Waals surface area contributed by atoms with Gasteiger partial charge in [-0.2, -0.15) is 0 Å². The first-order valence-corrected chi connectivity index (χ1v) is 7.32. The second kappa shape index (κ2) is 4.93. The summed E-state index contributed by atoms with van der Waals surface area (Å²) in [5, 5.41) is 0. The highest BCUT2D eigenvalue weighted by Crippen LogP contribution is 2.40. The predicted octanol–water partition coefficient (Wildman–Crippen LogP) is 2.73. The fourth-order valence-electron chi connectivity index (χ4n) is 3.81. The van der Waals surface area contributed by atoms with Gasteiger partial charge in [-0.15, -0.1) is 0 Å². The van der Waals surface area contributed by atoms with Crippen molar-refractivity contribution in [1.82, 2.24) is 0 Å². The number of aryl methyl sites for hydroxylation is 1. The van der Waals surface area contributed by atoms with Crippen LogP contribution in [0.15, 0.2) is 18.2 Å². The molecule has 0 spiro atoms. The molecule has 1 saturated carbocycles. The summed E-state index contributed by atoms with van der Waals surface area (Å²) in [5.41, 5.74) is 9.99. The molecule has 1 aromatic carbocycles. The van der Waals surface area contributed by atoms with Crippen LogP contribution in [0, 0.1) is 18.8 Å². The minimum atomic E-state index is 0.747. The molecule has 1 saturated heterocycles. The number of anilines is 1. The van der Waals surface area contributed by atoms with Crippen molar-refractivity contribution in [3.05, 3.63) is 29.3 Å². The topological polar surface area (TPSA) is 29.3 Å². The average molecular weight is 244 g/mol. The molecule has 0 aromatic heterocycles. The summed E-state index contributed by atoms with van der Waals surface area (Å²) in [6.07, 6.45) is 5.34. The van der Waals surface area contributed by atoms with Gasteiger partial charge in [0.15, 0.2) is 0 Å². The maximum atomic E-state index is 5.75. The highest BCUT2D eigenvalue weighted by atomic mass is 15.2. The van der Waals surface area contributed by atoms with E-state index in [1.807, 2.05) is 0 Å². The smallest absolute Gasteiger partial charge is 0.0399 e. The van der Waals surface area contributed by atoms with Crippen LogP contribution >= 0.6 is 0 Å². The van der Waals surface area contributed by atoms with Crippen LogP contribution in [0.25, 0.3) is 0 Å². The first kappa shape index (κ1) is 12.0. The molecule has 2 unspecified atom stereocenters. The van der Waals surface area contributed by atoms with Crippen molar-refractivity contribution < 1.29 is 0 Å². The van der Waals surface area contributed by atoms with E-state index in [1.165, 1.54) is 49.2 Å². The molecule has 98 valence electrons. The van der Waals surface area contributed by atoms with Crippen molar-refractivity contribution in [3.63, 3.8) is 0 Å². The molecule has 0 radical (unpaired) electrons. The maximum Gasteiger partial charge on any atom is 0.0399 e. The van der Waals surface area contributed by atoms with Crippen LogP contribution in [0.5, 0.6) is 0 Å². The molecular weight excluding hydrogens is 220 g/mol. The number of hydrogen-bond donors (Lipinski definition) is 1. The Morgan fingerprint density at radius 1 is 1.22 bits per heavy atom. The average Bonchev–Trinajstić information content (AvgIpc) is 2.90. The van der Waals surface area contributed by atoms with E-state index in [0.717, 1.165) is 24.8 Å². The zero-order chi connectivity index (χ0) is 12.5. The number of nitrogens with two attached hydrogens (primary N) is 1. The Balaban J connectivity index is 1.83. The van der Waals surface area contributed by atoms with E-state index in [4.69, 9.17) is 5.73 Å². The number of rotatable bonds is 3. The lowest BCUT2D eigenvalue weighted by Gasteiger charge is -2.23. The van der Waals surface area contributed by atoms with Crippen LogP contribution in [0.3, 0.4) is 0 Å². The summed E-state index contributed by atoms with van der Waals surface area (Å²) < 4.78 is 0. The van der Waals surface area contributed by atoms with Gasteiger partial charge in [0.25, 0.3) is 0 Å². The summed E-state index contributed by atoms with van der Waals surface area (Å²) >= 11 is 0. The first-order chi connectivity index (χ1) is 8.78. The van der Waals surface area contributed by atoms with Crippen LogP contribution in [0.4, 0.5) is 5.69 Å². The standard InChI is InChI=1S/C16H24N2/c1-12-5-6-16(13(9-12)7-8-17)18-10-14-3-2-4-15(14)11-18/h5-6,9,14-15H,2-4,7-8,10-11,17H2,1H3. The van der Waals surface area contributed by atoms with Gasteiger partial charge in [-0.3, -0.25) is 0 Å². The molecule has 2 aliphatic rings. The molecular formula is C16H24N2. The highest BCUT2D eigenvalue weighted by Gasteiger charge is 2.36. The molecule has 2 fully saturated rings. The third kappa shape index (κ3) is 2.14. The van der Waals surface area contributed by atoms with Gasteiger partial charge < -0.3 is 10.6 Å². The predicted molar refractivity (Wildman–Crippen MR) is 77.0 cm³/mol. The fraction of sp³-hybridized carbons (Fsp3) is 0.625. The molecule has 1 aliphatic carbocycles. The van der Waals surface area contributed by atoms with E-state index in [1.54, 1.807) is 0 Å². The monoisotopic (exact) mass is 244 g/mol. The number of fused-ring (bicyclic) bond motifs is 1. The van der Waals surface area contributed by atoms with Gasteiger partial charge in [0.05, 0.1) is 0 Å². The van der Waals surface area contributed by atoms with Crippen molar-refractivity contribution in [1.29, 1.82) is 0 Å². The Labute approximate surface area is 110 Å². The maximum absolute atomic E-state index is 5.75. The largest absolute Gasteiger partial charge is 0.371 e. The summed E-state index contributed by atoms with van der Waals surface area (Å²) in [6.45, 7) is 5.45. The summed E-state index contributed by atoms with van der Waals surface area (Å²) in [6, 6.07) is 6.86. The summed E-state index contributed by atoms with van der Waals surface area (Å²) in [7, 11) is 0. The van der Waals surface area contributed by atoms with E-state index in [0.29, 0.717) is 0 Å². The van der Waals surface area contributed by atoms with Crippen LogP contribution in [0.2, 0.25) is 0 Å². The van der Waals surface area contributed by atoms with E-state index < -0.39 is 0 Å².